The molecule has 0 unspecified atom stereocenters. The number of thioether (sulfide) groups is 1. The highest BCUT2D eigenvalue weighted by atomic mass is 32.2. The van der Waals surface area contributed by atoms with Crippen molar-refractivity contribution < 1.29 is 4.42 Å². The highest BCUT2D eigenvalue weighted by molar-refractivity contribution is 7.99. The zero-order valence-corrected chi connectivity index (χ0v) is 15.2. The van der Waals surface area contributed by atoms with Crippen LogP contribution in [0.25, 0.3) is 17.1 Å². The van der Waals surface area contributed by atoms with Crippen LogP contribution in [0.4, 0.5) is 0 Å². The summed E-state index contributed by atoms with van der Waals surface area (Å²) in [6.45, 7) is 4.54. The third-order valence-electron chi connectivity index (χ3n) is 3.89. The Morgan fingerprint density at radius 2 is 1.92 bits per heavy atom. The molecule has 0 aliphatic rings. The fourth-order valence-electron chi connectivity index (χ4n) is 2.82. The molecule has 0 N–H and O–H groups in total. The highest BCUT2D eigenvalue weighted by Crippen LogP contribution is 2.24. The number of pyridine rings is 1. The van der Waals surface area contributed by atoms with Crippen LogP contribution in [0, 0.1) is 13.8 Å². The molecule has 0 aliphatic carbocycles. The summed E-state index contributed by atoms with van der Waals surface area (Å²) in [4.78, 5) is 12.2. The Kier molecular flexibility index (Phi) is 4.34. The Bertz CT molecular complexity index is 1110. The van der Waals surface area contributed by atoms with E-state index in [2.05, 4.69) is 21.4 Å². The van der Waals surface area contributed by atoms with Gasteiger partial charge in [0.2, 0.25) is 5.89 Å². The third-order valence-corrected chi connectivity index (χ3v) is 4.69. The molecule has 132 valence electrons. The summed E-state index contributed by atoms with van der Waals surface area (Å²) < 4.78 is 8.71. The van der Waals surface area contributed by atoms with E-state index in [0.29, 0.717) is 29.1 Å². The lowest BCUT2D eigenvalue weighted by Crippen LogP contribution is -2.21. The predicted octanol–water partition coefficient (Wildman–Crippen LogP) is 2.96. The van der Waals surface area contributed by atoms with Gasteiger partial charge in [-0.2, -0.15) is 0 Å². The Labute approximate surface area is 153 Å². The van der Waals surface area contributed by atoms with Crippen molar-refractivity contribution in [3.05, 3.63) is 64.2 Å². The van der Waals surface area contributed by atoms with Gasteiger partial charge in [0.1, 0.15) is 0 Å². The first kappa shape index (κ1) is 16.6. The molecule has 0 atom stereocenters. The van der Waals surface area contributed by atoms with Crippen molar-refractivity contribution in [2.24, 2.45) is 0 Å². The number of benzene rings is 1. The minimum Gasteiger partial charge on any atom is -0.411 e. The van der Waals surface area contributed by atoms with E-state index in [1.807, 2.05) is 38.1 Å². The van der Waals surface area contributed by atoms with Crippen LogP contribution in [0.15, 0.2) is 57.0 Å². The van der Waals surface area contributed by atoms with Crippen LogP contribution in [-0.2, 0) is 6.54 Å². The standard InChI is InChI=1S/C18H17N5O2S/c1-12-9-13(2)11-14(10-12)16-19-20-17(25-16)26-8-7-23-18(24)22-6-4-3-5-15(22)21-23/h3-6,9-11H,7-8H2,1-2H3. The first-order valence-corrected chi connectivity index (χ1v) is 9.18. The smallest absolute Gasteiger partial charge is 0.350 e. The normalized spacial score (nSPS) is 11.3. The lowest BCUT2D eigenvalue weighted by atomic mass is 10.1. The van der Waals surface area contributed by atoms with Crippen LogP contribution in [0.1, 0.15) is 11.1 Å². The first-order valence-electron chi connectivity index (χ1n) is 8.19. The highest BCUT2D eigenvalue weighted by Gasteiger charge is 2.11. The Morgan fingerprint density at radius 3 is 2.69 bits per heavy atom. The number of aromatic nitrogens is 5. The van der Waals surface area contributed by atoms with E-state index in [9.17, 15) is 4.79 Å². The third kappa shape index (κ3) is 3.28. The minimum atomic E-state index is -0.150. The van der Waals surface area contributed by atoms with Gasteiger partial charge in [0.05, 0.1) is 6.54 Å². The molecular formula is C18H17N5O2S. The van der Waals surface area contributed by atoms with Crippen molar-refractivity contribution in [3.8, 4) is 11.5 Å². The van der Waals surface area contributed by atoms with E-state index in [4.69, 9.17) is 4.42 Å². The SMILES string of the molecule is Cc1cc(C)cc(-c2nnc(SCCn3nc4ccccn4c3=O)o2)c1. The second kappa shape index (κ2) is 6.80. The molecule has 8 heteroatoms. The maximum atomic E-state index is 12.2. The van der Waals surface area contributed by atoms with Gasteiger partial charge >= 0.3 is 5.69 Å². The monoisotopic (exact) mass is 367 g/mol. The number of nitrogens with zero attached hydrogens (tertiary/aromatic N) is 5. The lowest BCUT2D eigenvalue weighted by molar-refractivity contribution is 0.465. The second-order valence-electron chi connectivity index (χ2n) is 6.03. The van der Waals surface area contributed by atoms with Gasteiger partial charge in [-0.1, -0.05) is 35.0 Å². The van der Waals surface area contributed by atoms with Crippen LogP contribution in [0.5, 0.6) is 0 Å². The predicted molar refractivity (Wildman–Crippen MR) is 99.4 cm³/mol. The van der Waals surface area contributed by atoms with E-state index < -0.39 is 0 Å². The number of rotatable bonds is 5. The molecule has 0 aliphatic heterocycles. The maximum absolute atomic E-state index is 12.2. The molecule has 0 radical (unpaired) electrons. The zero-order valence-electron chi connectivity index (χ0n) is 14.4. The second-order valence-corrected chi connectivity index (χ2v) is 7.08. The van der Waals surface area contributed by atoms with Gasteiger partial charge in [-0.25, -0.2) is 9.48 Å². The molecule has 0 saturated carbocycles. The summed E-state index contributed by atoms with van der Waals surface area (Å²) in [5.74, 6) is 1.11. The van der Waals surface area contributed by atoms with Crippen molar-refractivity contribution >= 4 is 17.4 Å². The summed E-state index contributed by atoms with van der Waals surface area (Å²) in [5.41, 5.74) is 3.70. The molecule has 3 heterocycles. The number of hydrogen-bond donors (Lipinski definition) is 0. The summed E-state index contributed by atoms with van der Waals surface area (Å²) in [6.07, 6.45) is 1.71. The summed E-state index contributed by atoms with van der Waals surface area (Å²) in [7, 11) is 0. The van der Waals surface area contributed by atoms with Gasteiger partial charge in [0, 0.05) is 17.5 Å². The lowest BCUT2D eigenvalue weighted by Gasteiger charge is -2.00. The Balaban J connectivity index is 1.44. The van der Waals surface area contributed by atoms with Crippen LogP contribution >= 0.6 is 11.8 Å². The van der Waals surface area contributed by atoms with E-state index in [1.165, 1.54) is 20.8 Å². The Hall–Kier alpha value is -2.87. The van der Waals surface area contributed by atoms with Gasteiger partial charge in [-0.15, -0.1) is 15.3 Å². The molecule has 0 bridgehead atoms. The van der Waals surface area contributed by atoms with E-state index in [-0.39, 0.29) is 5.69 Å². The molecule has 0 spiro atoms. The maximum Gasteiger partial charge on any atom is 0.350 e. The molecular weight excluding hydrogens is 350 g/mol. The van der Waals surface area contributed by atoms with Crippen molar-refractivity contribution in [3.63, 3.8) is 0 Å². The minimum absolute atomic E-state index is 0.150. The largest absolute Gasteiger partial charge is 0.411 e. The van der Waals surface area contributed by atoms with Crippen molar-refractivity contribution in [1.82, 2.24) is 24.4 Å². The molecule has 7 nitrogen and oxygen atoms in total. The van der Waals surface area contributed by atoms with Crippen LogP contribution < -0.4 is 5.69 Å². The topological polar surface area (TPSA) is 78.2 Å². The number of fused-ring (bicyclic) bond motifs is 1. The molecule has 4 rings (SSSR count). The van der Waals surface area contributed by atoms with Gasteiger partial charge in [-0.3, -0.25) is 4.40 Å². The molecule has 0 amide bonds. The number of hydrogen-bond acceptors (Lipinski definition) is 6. The van der Waals surface area contributed by atoms with E-state index in [0.717, 1.165) is 16.7 Å². The first-order chi connectivity index (χ1) is 12.6. The van der Waals surface area contributed by atoms with Gasteiger partial charge in [0.15, 0.2) is 5.65 Å². The number of aryl methyl sites for hydroxylation is 3. The zero-order chi connectivity index (χ0) is 18.1. The fraction of sp³-hybridized carbons (Fsp3) is 0.222. The molecule has 1 aromatic carbocycles. The Morgan fingerprint density at radius 1 is 1.12 bits per heavy atom. The van der Waals surface area contributed by atoms with Gasteiger partial charge in [-0.05, 0) is 38.1 Å². The van der Waals surface area contributed by atoms with E-state index >= 15 is 0 Å². The van der Waals surface area contributed by atoms with E-state index in [1.54, 1.807) is 12.3 Å². The van der Waals surface area contributed by atoms with Crippen LogP contribution in [0.2, 0.25) is 0 Å². The molecule has 26 heavy (non-hydrogen) atoms. The molecule has 4 aromatic rings. The molecule has 0 fully saturated rings. The van der Waals surface area contributed by atoms with Gasteiger partial charge in [0.25, 0.3) is 5.22 Å². The summed E-state index contributed by atoms with van der Waals surface area (Å²) >= 11 is 1.41. The summed E-state index contributed by atoms with van der Waals surface area (Å²) in [6, 6.07) is 11.6. The quantitative estimate of drug-likeness (QED) is 0.505. The van der Waals surface area contributed by atoms with Crippen molar-refractivity contribution in [1.29, 1.82) is 0 Å². The molecule has 0 saturated heterocycles. The van der Waals surface area contributed by atoms with Crippen molar-refractivity contribution in [2.75, 3.05) is 5.75 Å². The van der Waals surface area contributed by atoms with Crippen LogP contribution in [0.3, 0.4) is 0 Å². The molecule has 3 aromatic heterocycles. The van der Waals surface area contributed by atoms with Crippen molar-refractivity contribution in [2.45, 2.75) is 25.6 Å². The average Bonchev–Trinajstić information content (AvgIpc) is 3.20. The van der Waals surface area contributed by atoms with Crippen LogP contribution in [-0.4, -0.2) is 30.1 Å². The average molecular weight is 367 g/mol. The summed E-state index contributed by atoms with van der Waals surface area (Å²) in [5, 5.41) is 13.0. The fourth-order valence-corrected chi connectivity index (χ4v) is 3.49. The van der Waals surface area contributed by atoms with Gasteiger partial charge < -0.3 is 4.42 Å².